The van der Waals surface area contributed by atoms with Crippen LogP contribution in [0.2, 0.25) is 0 Å². The predicted molar refractivity (Wildman–Crippen MR) is 145 cm³/mol. The maximum atomic E-state index is 12.7. The van der Waals surface area contributed by atoms with Gasteiger partial charge < -0.3 is 44.8 Å². The van der Waals surface area contributed by atoms with E-state index in [1.54, 1.807) is 13.0 Å². The molecule has 226 valence electrons. The van der Waals surface area contributed by atoms with Crippen molar-refractivity contribution in [2.24, 2.45) is 5.73 Å². The summed E-state index contributed by atoms with van der Waals surface area (Å²) in [6, 6.07) is -1.08. The summed E-state index contributed by atoms with van der Waals surface area (Å²) in [5, 5.41) is 5.86. The third-order valence-electron chi connectivity index (χ3n) is 5.96. The summed E-state index contributed by atoms with van der Waals surface area (Å²) in [6.07, 6.45) is 2.95. The first-order valence-corrected chi connectivity index (χ1v) is 14.0. The van der Waals surface area contributed by atoms with E-state index >= 15 is 0 Å². The van der Waals surface area contributed by atoms with Gasteiger partial charge in [0.05, 0.1) is 83.8 Å². The molecule has 0 saturated carbocycles. The average molecular weight is 560 g/mol. The second-order valence-electron chi connectivity index (χ2n) is 9.04. The van der Waals surface area contributed by atoms with E-state index in [1.807, 2.05) is 13.8 Å². The van der Waals surface area contributed by atoms with Crippen LogP contribution in [0, 0.1) is 0 Å². The van der Waals surface area contributed by atoms with Gasteiger partial charge in [0.1, 0.15) is 0 Å². The van der Waals surface area contributed by atoms with Crippen molar-refractivity contribution in [3.8, 4) is 0 Å². The summed E-state index contributed by atoms with van der Waals surface area (Å²) in [6.45, 7) is 11.2. The van der Waals surface area contributed by atoms with Gasteiger partial charge in [0.2, 0.25) is 11.8 Å². The van der Waals surface area contributed by atoms with Crippen LogP contribution in [0.3, 0.4) is 0 Å². The van der Waals surface area contributed by atoms with Gasteiger partial charge in [-0.2, -0.15) is 0 Å². The number of ether oxygens (including phenoxy) is 6. The molecule has 1 rings (SSSR count). The maximum absolute atomic E-state index is 12.7. The van der Waals surface area contributed by atoms with Gasteiger partial charge in [0.25, 0.3) is 0 Å². The Labute approximate surface area is 232 Å². The largest absolute Gasteiger partial charge is 0.463 e. The van der Waals surface area contributed by atoms with Gasteiger partial charge in [0.15, 0.2) is 0 Å². The van der Waals surface area contributed by atoms with Gasteiger partial charge in [0, 0.05) is 31.9 Å². The molecule has 0 heterocycles. The summed E-state index contributed by atoms with van der Waals surface area (Å²) in [5.74, 6) is -0.961. The molecule has 0 aromatic rings. The molecule has 0 radical (unpaired) electrons. The lowest BCUT2D eigenvalue weighted by atomic mass is 9.87. The standard InChI is InChI=1S/C27H49N3O9/c1-5-22(6-2)39-24-19-21(27(33)38-7-3)18-23(26(24)29-20(4)31)30-25(32)8-10-34-12-14-36-16-17-37-15-13-35-11-9-28/h19,22-24,26H,5-18,28H2,1-4H3,(H,29,31)(H,30,32)/t23-,24+,26+/m0/s1. The zero-order valence-corrected chi connectivity index (χ0v) is 24.0. The highest BCUT2D eigenvalue weighted by molar-refractivity contribution is 5.89. The molecule has 3 atom stereocenters. The second-order valence-corrected chi connectivity index (χ2v) is 9.04. The molecule has 1 aliphatic rings. The highest BCUT2D eigenvalue weighted by atomic mass is 16.6. The van der Waals surface area contributed by atoms with Crippen molar-refractivity contribution in [1.82, 2.24) is 10.6 Å². The molecule has 4 N–H and O–H groups in total. The van der Waals surface area contributed by atoms with Crippen molar-refractivity contribution >= 4 is 17.8 Å². The molecule has 1 aliphatic carbocycles. The van der Waals surface area contributed by atoms with Crippen molar-refractivity contribution in [2.45, 2.75) is 77.7 Å². The van der Waals surface area contributed by atoms with Gasteiger partial charge >= 0.3 is 5.97 Å². The van der Waals surface area contributed by atoms with Crippen LogP contribution in [0.1, 0.15) is 53.4 Å². The number of rotatable bonds is 22. The van der Waals surface area contributed by atoms with Gasteiger partial charge in [-0.1, -0.05) is 13.8 Å². The van der Waals surface area contributed by atoms with Crippen LogP contribution in [0.15, 0.2) is 11.6 Å². The average Bonchev–Trinajstić information content (AvgIpc) is 2.91. The van der Waals surface area contributed by atoms with E-state index in [0.717, 1.165) is 12.8 Å². The smallest absolute Gasteiger partial charge is 0.333 e. The summed E-state index contributed by atoms with van der Waals surface area (Å²) >= 11 is 0. The third-order valence-corrected chi connectivity index (χ3v) is 5.96. The minimum Gasteiger partial charge on any atom is -0.463 e. The fourth-order valence-corrected chi connectivity index (χ4v) is 4.01. The first kappa shape index (κ1) is 34.9. The summed E-state index contributed by atoms with van der Waals surface area (Å²) < 4.78 is 33.0. The molecule has 0 bridgehead atoms. The Hall–Kier alpha value is -2.09. The zero-order valence-electron chi connectivity index (χ0n) is 24.0. The van der Waals surface area contributed by atoms with E-state index in [1.165, 1.54) is 6.92 Å². The quantitative estimate of drug-likeness (QED) is 0.128. The molecule has 0 unspecified atom stereocenters. The summed E-state index contributed by atoms with van der Waals surface area (Å²) in [4.78, 5) is 37.3. The number of nitrogens with one attached hydrogen (secondary N) is 2. The number of carbonyl (C=O) groups is 3. The molecular formula is C27H49N3O9. The molecule has 12 heteroatoms. The molecule has 12 nitrogen and oxygen atoms in total. The predicted octanol–water partition coefficient (Wildman–Crippen LogP) is 0.858. The molecule has 0 saturated heterocycles. The topological polar surface area (TPSA) is 157 Å². The Balaban J connectivity index is 2.53. The molecule has 0 fully saturated rings. The minimum atomic E-state index is -0.590. The third kappa shape index (κ3) is 15.3. The Morgan fingerprint density at radius 3 is 1.97 bits per heavy atom. The van der Waals surface area contributed by atoms with Crippen LogP contribution in [0.4, 0.5) is 0 Å². The van der Waals surface area contributed by atoms with Crippen LogP contribution in [0.5, 0.6) is 0 Å². The number of nitrogens with two attached hydrogens (primary N) is 1. The van der Waals surface area contributed by atoms with Gasteiger partial charge in [-0.15, -0.1) is 0 Å². The Kier molecular flexibility index (Phi) is 19.4. The van der Waals surface area contributed by atoms with Gasteiger partial charge in [-0.25, -0.2) is 4.79 Å². The number of amides is 2. The van der Waals surface area contributed by atoms with E-state index < -0.39 is 24.2 Å². The van der Waals surface area contributed by atoms with Crippen molar-refractivity contribution in [1.29, 1.82) is 0 Å². The van der Waals surface area contributed by atoms with Gasteiger partial charge in [-0.05, 0) is 25.8 Å². The highest BCUT2D eigenvalue weighted by Gasteiger charge is 2.38. The van der Waals surface area contributed by atoms with Crippen LogP contribution < -0.4 is 16.4 Å². The summed E-state index contributed by atoms with van der Waals surface area (Å²) in [7, 11) is 0. The number of hydrogen-bond donors (Lipinski definition) is 3. The Morgan fingerprint density at radius 2 is 1.46 bits per heavy atom. The second kappa shape index (κ2) is 21.7. The molecule has 0 aromatic heterocycles. The van der Waals surface area contributed by atoms with E-state index in [2.05, 4.69) is 10.6 Å². The Bertz CT molecular complexity index is 731. The maximum Gasteiger partial charge on any atom is 0.333 e. The van der Waals surface area contributed by atoms with Crippen LogP contribution in [-0.4, -0.2) is 108 Å². The summed E-state index contributed by atoms with van der Waals surface area (Å²) in [5.41, 5.74) is 5.75. The lowest BCUT2D eigenvalue weighted by Crippen LogP contribution is -2.59. The fourth-order valence-electron chi connectivity index (χ4n) is 4.01. The SMILES string of the molecule is CCOC(=O)C1=C[C@@H](OC(CC)CC)[C@H](NC(C)=O)[C@@H](NC(=O)CCOCCOCCOCCOCCN)C1. The lowest BCUT2D eigenvalue weighted by molar-refractivity contribution is -0.139. The minimum absolute atomic E-state index is 0.0575. The lowest BCUT2D eigenvalue weighted by Gasteiger charge is -2.38. The Morgan fingerprint density at radius 1 is 0.897 bits per heavy atom. The van der Waals surface area contributed by atoms with E-state index in [-0.39, 0.29) is 44.0 Å². The monoisotopic (exact) mass is 559 g/mol. The molecule has 0 aromatic carbocycles. The zero-order chi connectivity index (χ0) is 28.9. The van der Waals surface area contributed by atoms with Crippen molar-refractivity contribution < 1.29 is 42.8 Å². The molecule has 39 heavy (non-hydrogen) atoms. The van der Waals surface area contributed by atoms with Crippen LogP contribution in [0.25, 0.3) is 0 Å². The molecule has 2 amide bonds. The number of esters is 1. The van der Waals surface area contributed by atoms with E-state index in [4.69, 9.17) is 34.2 Å². The highest BCUT2D eigenvalue weighted by Crippen LogP contribution is 2.25. The fraction of sp³-hybridized carbons (Fsp3) is 0.815. The first-order valence-electron chi connectivity index (χ1n) is 14.0. The van der Waals surface area contributed by atoms with E-state index in [0.29, 0.717) is 58.4 Å². The van der Waals surface area contributed by atoms with Gasteiger partial charge in [-0.3, -0.25) is 9.59 Å². The number of hydrogen-bond acceptors (Lipinski definition) is 10. The molecule has 0 spiro atoms. The normalized spacial score (nSPS) is 19.0. The van der Waals surface area contributed by atoms with Crippen molar-refractivity contribution in [2.75, 3.05) is 66.0 Å². The first-order chi connectivity index (χ1) is 18.9. The molecule has 0 aliphatic heterocycles. The number of carbonyl (C=O) groups excluding carboxylic acids is 3. The van der Waals surface area contributed by atoms with Crippen molar-refractivity contribution in [3.05, 3.63) is 11.6 Å². The van der Waals surface area contributed by atoms with E-state index in [9.17, 15) is 14.4 Å². The van der Waals surface area contributed by atoms with Crippen LogP contribution >= 0.6 is 0 Å². The molecular weight excluding hydrogens is 510 g/mol. The van der Waals surface area contributed by atoms with Crippen molar-refractivity contribution in [3.63, 3.8) is 0 Å². The van der Waals surface area contributed by atoms with Crippen LogP contribution in [-0.2, 0) is 42.8 Å².